The number of aromatic nitrogens is 2. The van der Waals surface area contributed by atoms with E-state index in [0.717, 1.165) is 30.7 Å². The summed E-state index contributed by atoms with van der Waals surface area (Å²) in [4.78, 5) is 37.8. The van der Waals surface area contributed by atoms with Gasteiger partial charge in [0.15, 0.2) is 0 Å². The van der Waals surface area contributed by atoms with Crippen molar-refractivity contribution in [3.63, 3.8) is 0 Å². The standard InChI is InChI=1S/C27H36N4O5/c1-4-21-23-22(16-27(17-28-25(23)33)9-13-35-14-10-27)31(30-21)11-6-12-36-26(34)20-8-5-7-19(15-20)24(32)29-18(2)3/h5,7-8,15,18H,4,6,9-14,16-17H2,1-3H3,(H,28,33)(H,29,32). The molecule has 2 aliphatic rings. The molecule has 194 valence electrons. The minimum absolute atomic E-state index is 0.00562. The first-order valence-electron chi connectivity index (χ1n) is 12.8. The molecule has 0 bridgehead atoms. The van der Waals surface area contributed by atoms with Crippen molar-refractivity contribution in [2.75, 3.05) is 26.4 Å². The highest BCUT2D eigenvalue weighted by atomic mass is 16.5. The van der Waals surface area contributed by atoms with Gasteiger partial charge < -0.3 is 20.1 Å². The zero-order chi connectivity index (χ0) is 25.7. The fraction of sp³-hybridized carbons (Fsp3) is 0.556. The largest absolute Gasteiger partial charge is 0.462 e. The Labute approximate surface area is 211 Å². The molecule has 2 aromatic rings. The lowest BCUT2D eigenvalue weighted by Gasteiger charge is -2.36. The monoisotopic (exact) mass is 496 g/mol. The van der Waals surface area contributed by atoms with Gasteiger partial charge in [-0.25, -0.2) is 4.79 Å². The second kappa shape index (κ2) is 11.2. The number of nitrogens with one attached hydrogen (secondary N) is 2. The Morgan fingerprint density at radius 2 is 2.00 bits per heavy atom. The molecule has 0 unspecified atom stereocenters. The normalized spacial score (nSPS) is 16.8. The van der Waals surface area contributed by atoms with E-state index in [1.54, 1.807) is 24.3 Å². The van der Waals surface area contributed by atoms with Crippen LogP contribution >= 0.6 is 0 Å². The van der Waals surface area contributed by atoms with E-state index in [0.29, 0.717) is 55.8 Å². The summed E-state index contributed by atoms with van der Waals surface area (Å²) in [7, 11) is 0. The zero-order valence-corrected chi connectivity index (χ0v) is 21.4. The van der Waals surface area contributed by atoms with E-state index >= 15 is 0 Å². The summed E-state index contributed by atoms with van der Waals surface area (Å²) in [6.45, 7) is 8.59. The molecule has 4 rings (SSSR count). The fourth-order valence-electron chi connectivity index (χ4n) is 4.95. The SMILES string of the molecule is CCc1nn(CCCOC(=O)c2cccc(C(=O)NC(C)C)c2)c2c1C(=O)NCC1(CCOCC1)C2. The third-order valence-electron chi connectivity index (χ3n) is 6.94. The minimum atomic E-state index is -0.469. The molecule has 2 aliphatic heterocycles. The van der Waals surface area contributed by atoms with E-state index in [4.69, 9.17) is 14.6 Å². The smallest absolute Gasteiger partial charge is 0.338 e. The van der Waals surface area contributed by atoms with E-state index < -0.39 is 5.97 Å². The Balaban J connectivity index is 1.40. The Morgan fingerprint density at radius 1 is 1.25 bits per heavy atom. The summed E-state index contributed by atoms with van der Waals surface area (Å²) in [6.07, 6.45) is 3.84. The maximum absolute atomic E-state index is 12.9. The van der Waals surface area contributed by atoms with Crippen LogP contribution in [0.4, 0.5) is 0 Å². The fourth-order valence-corrected chi connectivity index (χ4v) is 4.95. The van der Waals surface area contributed by atoms with Gasteiger partial charge in [0, 0.05) is 44.3 Å². The van der Waals surface area contributed by atoms with Gasteiger partial charge in [0.05, 0.1) is 29.1 Å². The van der Waals surface area contributed by atoms with Crippen molar-refractivity contribution >= 4 is 17.8 Å². The van der Waals surface area contributed by atoms with Crippen LogP contribution in [0, 0.1) is 5.41 Å². The summed E-state index contributed by atoms with van der Waals surface area (Å²) in [5, 5.41) is 10.7. The molecule has 9 heteroatoms. The van der Waals surface area contributed by atoms with Gasteiger partial charge in [0.2, 0.25) is 0 Å². The van der Waals surface area contributed by atoms with Crippen molar-refractivity contribution in [1.29, 1.82) is 0 Å². The highest BCUT2D eigenvalue weighted by molar-refractivity contribution is 5.98. The number of carbonyl (C=O) groups excluding carboxylic acids is 3. The third-order valence-corrected chi connectivity index (χ3v) is 6.94. The van der Waals surface area contributed by atoms with E-state index in [1.807, 2.05) is 25.5 Å². The van der Waals surface area contributed by atoms with Crippen molar-refractivity contribution < 1.29 is 23.9 Å². The predicted octanol–water partition coefficient (Wildman–Crippen LogP) is 2.91. The Morgan fingerprint density at radius 3 is 2.72 bits per heavy atom. The van der Waals surface area contributed by atoms with Gasteiger partial charge in [-0.05, 0) is 63.1 Å². The molecule has 1 aromatic carbocycles. The van der Waals surface area contributed by atoms with E-state index in [2.05, 4.69) is 10.6 Å². The first-order valence-corrected chi connectivity index (χ1v) is 12.8. The molecule has 0 atom stereocenters. The number of carbonyl (C=O) groups is 3. The molecule has 36 heavy (non-hydrogen) atoms. The van der Waals surface area contributed by atoms with Crippen LogP contribution < -0.4 is 10.6 Å². The Kier molecular flexibility index (Phi) is 8.08. The summed E-state index contributed by atoms with van der Waals surface area (Å²) in [5.41, 5.74) is 3.23. The first-order chi connectivity index (χ1) is 17.3. The molecular weight excluding hydrogens is 460 g/mol. The molecule has 0 saturated carbocycles. The second-order valence-electron chi connectivity index (χ2n) is 10.0. The highest BCUT2D eigenvalue weighted by Gasteiger charge is 2.39. The number of hydrogen-bond donors (Lipinski definition) is 2. The van der Waals surface area contributed by atoms with Crippen molar-refractivity contribution in [3.8, 4) is 0 Å². The van der Waals surface area contributed by atoms with Crippen LogP contribution in [0.2, 0.25) is 0 Å². The van der Waals surface area contributed by atoms with E-state index in [1.165, 1.54) is 0 Å². The number of aryl methyl sites for hydroxylation is 2. The van der Waals surface area contributed by atoms with Gasteiger partial charge >= 0.3 is 5.97 Å². The van der Waals surface area contributed by atoms with Gasteiger partial charge in [0.1, 0.15) is 0 Å². The summed E-state index contributed by atoms with van der Waals surface area (Å²) >= 11 is 0. The van der Waals surface area contributed by atoms with Crippen LogP contribution in [0.25, 0.3) is 0 Å². The minimum Gasteiger partial charge on any atom is -0.462 e. The lowest BCUT2D eigenvalue weighted by Crippen LogP contribution is -2.40. The Hall–Kier alpha value is -3.20. The number of fused-ring (bicyclic) bond motifs is 1. The van der Waals surface area contributed by atoms with Gasteiger partial charge in [-0.2, -0.15) is 5.10 Å². The van der Waals surface area contributed by atoms with Gasteiger partial charge in [-0.3, -0.25) is 14.3 Å². The van der Waals surface area contributed by atoms with Crippen LogP contribution in [-0.4, -0.2) is 60.0 Å². The zero-order valence-electron chi connectivity index (χ0n) is 21.4. The average Bonchev–Trinajstić information content (AvgIpc) is 3.15. The molecule has 2 amide bonds. The highest BCUT2D eigenvalue weighted by Crippen LogP contribution is 2.37. The van der Waals surface area contributed by atoms with Crippen molar-refractivity contribution in [1.82, 2.24) is 20.4 Å². The van der Waals surface area contributed by atoms with Gasteiger partial charge in [0.25, 0.3) is 11.8 Å². The van der Waals surface area contributed by atoms with Crippen LogP contribution in [0.15, 0.2) is 24.3 Å². The maximum Gasteiger partial charge on any atom is 0.338 e. The number of rotatable bonds is 8. The van der Waals surface area contributed by atoms with Crippen molar-refractivity contribution in [2.24, 2.45) is 5.41 Å². The predicted molar refractivity (Wildman–Crippen MR) is 134 cm³/mol. The number of ether oxygens (including phenoxy) is 2. The van der Waals surface area contributed by atoms with Crippen LogP contribution in [0.5, 0.6) is 0 Å². The number of nitrogens with zero attached hydrogens (tertiary/aromatic N) is 2. The van der Waals surface area contributed by atoms with Crippen LogP contribution in [-0.2, 0) is 28.9 Å². The molecule has 2 N–H and O–H groups in total. The van der Waals surface area contributed by atoms with E-state index in [-0.39, 0.29) is 29.9 Å². The van der Waals surface area contributed by atoms with Crippen molar-refractivity contribution in [2.45, 2.75) is 65.5 Å². The first kappa shape index (κ1) is 25.9. The summed E-state index contributed by atoms with van der Waals surface area (Å²) in [5.74, 6) is -0.746. The molecule has 3 heterocycles. The molecule has 0 aliphatic carbocycles. The third kappa shape index (κ3) is 5.78. The molecule has 1 fully saturated rings. The molecule has 0 radical (unpaired) electrons. The number of esters is 1. The maximum atomic E-state index is 12.9. The molecule has 1 aromatic heterocycles. The molecular formula is C27H36N4O5. The number of benzene rings is 1. The summed E-state index contributed by atoms with van der Waals surface area (Å²) < 4.78 is 13.0. The quantitative estimate of drug-likeness (QED) is 0.429. The van der Waals surface area contributed by atoms with Crippen LogP contribution in [0.1, 0.15) is 82.5 Å². The number of hydrogen-bond acceptors (Lipinski definition) is 6. The Bertz CT molecular complexity index is 1120. The second-order valence-corrected chi connectivity index (χ2v) is 10.0. The topological polar surface area (TPSA) is 112 Å². The molecule has 9 nitrogen and oxygen atoms in total. The van der Waals surface area contributed by atoms with Crippen molar-refractivity contribution in [3.05, 3.63) is 52.3 Å². The van der Waals surface area contributed by atoms with E-state index in [9.17, 15) is 14.4 Å². The number of amides is 2. The molecule has 1 spiro atoms. The van der Waals surface area contributed by atoms with Gasteiger partial charge in [-0.1, -0.05) is 13.0 Å². The average molecular weight is 497 g/mol. The lowest BCUT2D eigenvalue weighted by molar-refractivity contribution is 0.0152. The lowest BCUT2D eigenvalue weighted by atomic mass is 9.76. The molecule has 1 saturated heterocycles. The summed E-state index contributed by atoms with van der Waals surface area (Å²) in [6, 6.07) is 6.54. The van der Waals surface area contributed by atoms with Gasteiger partial charge in [-0.15, -0.1) is 0 Å². The van der Waals surface area contributed by atoms with Crippen LogP contribution in [0.3, 0.4) is 0 Å².